The SMILES string of the molecule is CC(C)(O)C#Cc1ccc(CN2CC(=O)N(C3CCCCC3)C[C@@H](O)C2)cc1. The molecule has 1 saturated heterocycles. The highest BCUT2D eigenvalue weighted by atomic mass is 16.3. The molecular weight excluding hydrogens is 352 g/mol. The number of carbonyl (C=O) groups is 1. The molecule has 3 rings (SSSR count). The first-order chi connectivity index (χ1) is 13.3. The van der Waals surface area contributed by atoms with Crippen LogP contribution in [0, 0.1) is 11.8 Å². The number of hydrogen-bond acceptors (Lipinski definition) is 4. The van der Waals surface area contributed by atoms with E-state index in [2.05, 4.69) is 11.8 Å². The Kier molecular flexibility index (Phi) is 6.77. The third kappa shape index (κ3) is 6.07. The summed E-state index contributed by atoms with van der Waals surface area (Å²) in [5.41, 5.74) is 0.923. The molecule has 0 spiro atoms. The molecule has 0 unspecified atom stereocenters. The minimum absolute atomic E-state index is 0.135. The molecule has 1 aromatic rings. The Bertz CT molecular complexity index is 721. The van der Waals surface area contributed by atoms with E-state index in [1.165, 1.54) is 19.3 Å². The van der Waals surface area contributed by atoms with E-state index < -0.39 is 11.7 Å². The number of aliphatic hydroxyl groups is 2. The van der Waals surface area contributed by atoms with Crippen LogP contribution in [0.5, 0.6) is 0 Å². The second-order valence-corrected chi connectivity index (χ2v) is 8.67. The van der Waals surface area contributed by atoms with Crippen LogP contribution in [-0.2, 0) is 11.3 Å². The van der Waals surface area contributed by atoms with Gasteiger partial charge in [0.2, 0.25) is 5.91 Å². The zero-order chi connectivity index (χ0) is 20.1. The summed E-state index contributed by atoms with van der Waals surface area (Å²) in [4.78, 5) is 16.8. The van der Waals surface area contributed by atoms with E-state index in [0.29, 0.717) is 32.2 Å². The Morgan fingerprint density at radius 3 is 2.43 bits per heavy atom. The summed E-state index contributed by atoms with van der Waals surface area (Å²) < 4.78 is 0. The highest BCUT2D eigenvalue weighted by Crippen LogP contribution is 2.24. The summed E-state index contributed by atoms with van der Waals surface area (Å²) in [5, 5.41) is 20.2. The third-order valence-corrected chi connectivity index (χ3v) is 5.44. The molecule has 28 heavy (non-hydrogen) atoms. The molecule has 1 atom stereocenters. The molecule has 152 valence electrons. The fraction of sp³-hybridized carbons (Fsp3) is 0.609. The molecule has 2 N–H and O–H groups in total. The molecule has 1 aliphatic heterocycles. The van der Waals surface area contributed by atoms with E-state index in [-0.39, 0.29) is 5.91 Å². The smallest absolute Gasteiger partial charge is 0.237 e. The predicted molar refractivity (Wildman–Crippen MR) is 109 cm³/mol. The van der Waals surface area contributed by atoms with Crippen LogP contribution in [0.3, 0.4) is 0 Å². The number of β-amino-alcohol motifs (C(OH)–C–C–N with tert-alkyl or cyclic N) is 1. The Hall–Kier alpha value is -1.87. The van der Waals surface area contributed by atoms with E-state index in [9.17, 15) is 15.0 Å². The first-order valence-corrected chi connectivity index (χ1v) is 10.3. The van der Waals surface area contributed by atoms with Crippen LogP contribution in [0.2, 0.25) is 0 Å². The van der Waals surface area contributed by atoms with Gasteiger partial charge in [0.25, 0.3) is 0 Å². The van der Waals surface area contributed by atoms with Crippen LogP contribution in [0.1, 0.15) is 57.1 Å². The first kappa shape index (κ1) is 20.9. The van der Waals surface area contributed by atoms with Crippen molar-refractivity contribution in [3.63, 3.8) is 0 Å². The third-order valence-electron chi connectivity index (χ3n) is 5.44. The fourth-order valence-corrected chi connectivity index (χ4v) is 4.07. The van der Waals surface area contributed by atoms with Crippen molar-refractivity contribution in [3.8, 4) is 11.8 Å². The lowest BCUT2D eigenvalue weighted by molar-refractivity contribution is -0.134. The Morgan fingerprint density at radius 1 is 1.11 bits per heavy atom. The first-order valence-electron chi connectivity index (χ1n) is 10.3. The highest BCUT2D eigenvalue weighted by Gasteiger charge is 2.31. The van der Waals surface area contributed by atoms with E-state index in [1.54, 1.807) is 13.8 Å². The van der Waals surface area contributed by atoms with Crippen molar-refractivity contribution in [2.24, 2.45) is 0 Å². The topological polar surface area (TPSA) is 64.0 Å². The van der Waals surface area contributed by atoms with E-state index >= 15 is 0 Å². The van der Waals surface area contributed by atoms with Gasteiger partial charge < -0.3 is 15.1 Å². The number of hydrogen-bond donors (Lipinski definition) is 2. The van der Waals surface area contributed by atoms with Gasteiger partial charge in [0.15, 0.2) is 0 Å². The van der Waals surface area contributed by atoms with Gasteiger partial charge >= 0.3 is 0 Å². The molecular formula is C23H32N2O3. The molecule has 0 radical (unpaired) electrons. The molecule has 5 heteroatoms. The molecule has 5 nitrogen and oxygen atoms in total. The zero-order valence-corrected chi connectivity index (χ0v) is 17.0. The lowest BCUT2D eigenvalue weighted by atomic mass is 9.94. The van der Waals surface area contributed by atoms with Crippen LogP contribution >= 0.6 is 0 Å². The summed E-state index contributed by atoms with van der Waals surface area (Å²) >= 11 is 0. The summed E-state index contributed by atoms with van der Waals surface area (Å²) in [6.07, 6.45) is 5.22. The average molecular weight is 385 g/mol. The summed E-state index contributed by atoms with van der Waals surface area (Å²) in [6, 6.07) is 8.14. The van der Waals surface area contributed by atoms with Crippen LogP contribution in [0.25, 0.3) is 0 Å². The van der Waals surface area contributed by atoms with Crippen LogP contribution in [0.4, 0.5) is 0 Å². The molecule has 2 aliphatic rings. The van der Waals surface area contributed by atoms with Crippen molar-refractivity contribution in [1.29, 1.82) is 0 Å². The molecule has 1 heterocycles. The van der Waals surface area contributed by atoms with E-state index in [1.807, 2.05) is 34.1 Å². The lowest BCUT2D eigenvalue weighted by Gasteiger charge is -2.34. The number of rotatable bonds is 3. The Balaban J connectivity index is 1.62. The predicted octanol–water partition coefficient (Wildman–Crippen LogP) is 2.15. The molecule has 1 aliphatic carbocycles. The number of nitrogens with zero attached hydrogens (tertiary/aromatic N) is 2. The van der Waals surface area contributed by atoms with Gasteiger partial charge in [0, 0.05) is 31.2 Å². The number of amides is 1. The van der Waals surface area contributed by atoms with Crippen LogP contribution in [0.15, 0.2) is 24.3 Å². The van der Waals surface area contributed by atoms with E-state index in [0.717, 1.165) is 24.0 Å². The Labute approximate surface area is 168 Å². The number of carbonyl (C=O) groups excluding carboxylic acids is 1. The van der Waals surface area contributed by atoms with Crippen molar-refractivity contribution in [2.45, 2.75) is 70.2 Å². The number of benzene rings is 1. The van der Waals surface area contributed by atoms with Crippen molar-refractivity contribution in [1.82, 2.24) is 9.80 Å². The normalized spacial score (nSPS) is 22.5. The second-order valence-electron chi connectivity index (χ2n) is 8.67. The maximum Gasteiger partial charge on any atom is 0.237 e. The van der Waals surface area contributed by atoms with Gasteiger partial charge in [-0.05, 0) is 44.4 Å². The minimum Gasteiger partial charge on any atom is -0.390 e. The largest absolute Gasteiger partial charge is 0.390 e. The van der Waals surface area contributed by atoms with E-state index in [4.69, 9.17) is 0 Å². The molecule has 1 amide bonds. The number of aliphatic hydroxyl groups excluding tert-OH is 1. The van der Waals surface area contributed by atoms with Crippen LogP contribution < -0.4 is 0 Å². The monoisotopic (exact) mass is 384 g/mol. The molecule has 0 bridgehead atoms. The van der Waals surface area contributed by atoms with Crippen molar-refractivity contribution < 1.29 is 15.0 Å². The fourth-order valence-electron chi connectivity index (χ4n) is 4.07. The molecule has 1 saturated carbocycles. The maximum absolute atomic E-state index is 12.8. The standard InChI is InChI=1S/C23H32N2O3/c1-23(2,28)13-12-18-8-10-19(11-9-18)14-24-15-21(26)16-25(22(27)17-24)20-6-4-3-5-7-20/h8-11,20-21,26,28H,3-7,14-17H2,1-2H3/t21-/m0/s1. The second kappa shape index (κ2) is 9.09. The quantitative estimate of drug-likeness (QED) is 0.784. The van der Waals surface area contributed by atoms with Gasteiger partial charge in [-0.1, -0.05) is 43.2 Å². The van der Waals surface area contributed by atoms with Crippen molar-refractivity contribution in [2.75, 3.05) is 19.6 Å². The Morgan fingerprint density at radius 2 is 1.79 bits per heavy atom. The summed E-state index contributed by atoms with van der Waals surface area (Å²) in [7, 11) is 0. The maximum atomic E-state index is 12.8. The van der Waals surface area contributed by atoms with Gasteiger partial charge in [-0.2, -0.15) is 0 Å². The molecule has 0 aromatic heterocycles. The highest BCUT2D eigenvalue weighted by molar-refractivity contribution is 5.79. The summed E-state index contributed by atoms with van der Waals surface area (Å²) in [6.45, 7) is 5.26. The molecule has 2 fully saturated rings. The van der Waals surface area contributed by atoms with Crippen molar-refractivity contribution in [3.05, 3.63) is 35.4 Å². The van der Waals surface area contributed by atoms with Gasteiger partial charge in [-0.3, -0.25) is 9.69 Å². The van der Waals surface area contributed by atoms with Gasteiger partial charge in [-0.15, -0.1) is 0 Å². The van der Waals surface area contributed by atoms with Gasteiger partial charge in [0.1, 0.15) is 5.60 Å². The summed E-state index contributed by atoms with van der Waals surface area (Å²) in [5.74, 6) is 5.91. The van der Waals surface area contributed by atoms with Crippen molar-refractivity contribution >= 4 is 5.91 Å². The van der Waals surface area contributed by atoms with Gasteiger partial charge in [-0.25, -0.2) is 0 Å². The van der Waals surface area contributed by atoms with Crippen LogP contribution in [-0.4, -0.2) is 63.3 Å². The average Bonchev–Trinajstić information content (AvgIpc) is 2.79. The minimum atomic E-state index is -1.01. The molecule has 1 aromatic carbocycles. The lowest BCUT2D eigenvalue weighted by Crippen LogP contribution is -2.45. The van der Waals surface area contributed by atoms with Gasteiger partial charge in [0.05, 0.1) is 12.6 Å². The zero-order valence-electron chi connectivity index (χ0n) is 17.0.